The summed E-state index contributed by atoms with van der Waals surface area (Å²) in [7, 11) is 0. The fourth-order valence-corrected chi connectivity index (χ4v) is 4.91. The molecular formula is C36H67NO3. The van der Waals surface area contributed by atoms with Gasteiger partial charge in [0, 0.05) is 6.42 Å². The molecule has 0 aromatic heterocycles. The number of hydrogen-bond donors (Lipinski definition) is 3. The van der Waals surface area contributed by atoms with Crippen LogP contribution in [0.25, 0.3) is 0 Å². The van der Waals surface area contributed by atoms with Crippen molar-refractivity contribution in [1.29, 1.82) is 0 Å². The van der Waals surface area contributed by atoms with Gasteiger partial charge in [0.2, 0.25) is 5.91 Å². The molecule has 0 aliphatic carbocycles. The number of amides is 1. The van der Waals surface area contributed by atoms with Gasteiger partial charge >= 0.3 is 0 Å². The predicted octanol–water partition coefficient (Wildman–Crippen LogP) is 9.90. The van der Waals surface area contributed by atoms with Crippen molar-refractivity contribution in [3.63, 3.8) is 0 Å². The Labute approximate surface area is 249 Å². The fourth-order valence-electron chi connectivity index (χ4n) is 4.91. The normalized spacial score (nSPS) is 13.6. The van der Waals surface area contributed by atoms with Crippen LogP contribution in [0.2, 0.25) is 0 Å². The molecule has 0 aromatic carbocycles. The summed E-state index contributed by atoms with van der Waals surface area (Å²) in [5, 5.41) is 22.8. The number of carbonyl (C=O) groups is 1. The van der Waals surface area contributed by atoms with Gasteiger partial charge in [0.1, 0.15) is 0 Å². The second-order valence-electron chi connectivity index (χ2n) is 11.6. The van der Waals surface area contributed by atoms with Gasteiger partial charge in [-0.2, -0.15) is 0 Å². The highest BCUT2D eigenvalue weighted by molar-refractivity contribution is 5.76. The minimum atomic E-state index is -0.864. The summed E-state index contributed by atoms with van der Waals surface area (Å²) >= 11 is 0. The van der Waals surface area contributed by atoms with Crippen LogP contribution in [0.5, 0.6) is 0 Å². The van der Waals surface area contributed by atoms with Crippen molar-refractivity contribution in [2.45, 2.75) is 180 Å². The van der Waals surface area contributed by atoms with Crippen LogP contribution in [0.4, 0.5) is 0 Å². The molecule has 234 valence electrons. The van der Waals surface area contributed by atoms with Gasteiger partial charge in [0.25, 0.3) is 0 Å². The lowest BCUT2D eigenvalue weighted by atomic mass is 10.1. The molecule has 4 heteroatoms. The van der Waals surface area contributed by atoms with Crippen molar-refractivity contribution < 1.29 is 15.0 Å². The lowest BCUT2D eigenvalue weighted by Gasteiger charge is -2.19. The molecule has 0 heterocycles. The Hall–Kier alpha value is -1.39. The summed E-state index contributed by atoms with van der Waals surface area (Å²) in [5.74, 6) is -0.0825. The number of carbonyl (C=O) groups excluding carboxylic acids is 1. The maximum absolute atomic E-state index is 12.2. The molecule has 0 aliphatic heterocycles. The molecule has 0 saturated carbocycles. The molecule has 4 nitrogen and oxygen atoms in total. The Balaban J connectivity index is 3.73. The van der Waals surface area contributed by atoms with Gasteiger partial charge in [0.05, 0.1) is 18.8 Å². The summed E-state index contributed by atoms with van der Waals surface area (Å²) in [5.41, 5.74) is 0. The van der Waals surface area contributed by atoms with E-state index >= 15 is 0 Å². The molecule has 0 spiro atoms. The molecule has 40 heavy (non-hydrogen) atoms. The van der Waals surface area contributed by atoms with Crippen LogP contribution in [0, 0.1) is 0 Å². The van der Waals surface area contributed by atoms with E-state index in [1.807, 2.05) is 6.08 Å². The topological polar surface area (TPSA) is 69.6 Å². The van der Waals surface area contributed by atoms with Crippen LogP contribution >= 0.6 is 0 Å². The van der Waals surface area contributed by atoms with Gasteiger partial charge < -0.3 is 15.5 Å². The van der Waals surface area contributed by atoms with Gasteiger partial charge in [0.15, 0.2) is 0 Å². The average Bonchev–Trinajstić information content (AvgIpc) is 2.96. The number of hydrogen-bond acceptors (Lipinski definition) is 3. The van der Waals surface area contributed by atoms with Crippen molar-refractivity contribution in [2.24, 2.45) is 0 Å². The van der Waals surface area contributed by atoms with Crippen molar-refractivity contribution in [3.05, 3.63) is 36.5 Å². The highest BCUT2D eigenvalue weighted by Gasteiger charge is 2.17. The molecule has 0 saturated heterocycles. The Morgan fingerprint density at radius 1 is 0.575 bits per heavy atom. The Morgan fingerprint density at radius 2 is 0.975 bits per heavy atom. The molecule has 0 radical (unpaired) electrons. The second-order valence-corrected chi connectivity index (χ2v) is 11.6. The number of aliphatic hydroxyl groups is 2. The lowest BCUT2D eigenvalue weighted by molar-refractivity contribution is -0.123. The van der Waals surface area contributed by atoms with E-state index in [4.69, 9.17) is 0 Å². The number of unbranched alkanes of at least 4 members (excludes halogenated alkanes) is 19. The monoisotopic (exact) mass is 562 g/mol. The first-order valence-corrected chi connectivity index (χ1v) is 17.2. The number of aliphatic hydroxyl groups excluding tert-OH is 2. The molecule has 1 amide bonds. The number of nitrogens with one attached hydrogen (secondary N) is 1. The zero-order chi connectivity index (χ0) is 29.4. The van der Waals surface area contributed by atoms with E-state index in [9.17, 15) is 15.0 Å². The molecule has 0 aromatic rings. The predicted molar refractivity (Wildman–Crippen MR) is 175 cm³/mol. The standard InChI is InChI=1S/C36H67NO3/c1-3-5-7-9-11-13-15-16-17-18-19-20-21-22-23-25-27-29-31-35(39)34(33-38)37-36(40)32-30-28-26-24-14-12-10-8-6-4-2/h18-19,22-23,29,31,34-35,38-39H,3-17,20-21,24-28,30,32-33H2,1-2H3,(H,37,40)/b19-18+,23-22+,31-29+. The van der Waals surface area contributed by atoms with Crippen molar-refractivity contribution in [3.8, 4) is 0 Å². The maximum atomic E-state index is 12.2. The molecule has 3 N–H and O–H groups in total. The van der Waals surface area contributed by atoms with E-state index < -0.39 is 12.1 Å². The van der Waals surface area contributed by atoms with Crippen LogP contribution in [0.3, 0.4) is 0 Å². The zero-order valence-corrected chi connectivity index (χ0v) is 26.6. The van der Waals surface area contributed by atoms with E-state index in [2.05, 4.69) is 43.5 Å². The Bertz CT molecular complexity index is 613. The Kier molecular flexibility index (Phi) is 31.0. The zero-order valence-electron chi connectivity index (χ0n) is 26.6. The van der Waals surface area contributed by atoms with E-state index in [1.54, 1.807) is 6.08 Å². The van der Waals surface area contributed by atoms with Gasteiger partial charge in [-0.15, -0.1) is 0 Å². The molecule has 0 aliphatic rings. The molecular weight excluding hydrogens is 494 g/mol. The van der Waals surface area contributed by atoms with E-state index in [1.165, 1.54) is 109 Å². The van der Waals surface area contributed by atoms with Crippen molar-refractivity contribution in [2.75, 3.05) is 6.61 Å². The Morgan fingerprint density at radius 3 is 1.45 bits per heavy atom. The highest BCUT2D eigenvalue weighted by Crippen LogP contribution is 2.12. The summed E-state index contributed by atoms with van der Waals surface area (Å²) in [6.07, 6.45) is 40.8. The summed E-state index contributed by atoms with van der Waals surface area (Å²) in [4.78, 5) is 12.2. The maximum Gasteiger partial charge on any atom is 0.220 e. The minimum absolute atomic E-state index is 0.0825. The van der Waals surface area contributed by atoms with E-state index in [0.717, 1.165) is 38.5 Å². The van der Waals surface area contributed by atoms with Crippen LogP contribution in [0.1, 0.15) is 168 Å². The fraction of sp³-hybridized carbons (Fsp3) is 0.806. The first-order chi connectivity index (χ1) is 19.7. The van der Waals surface area contributed by atoms with Crippen LogP contribution in [-0.2, 0) is 4.79 Å². The second kappa shape index (κ2) is 32.1. The van der Waals surface area contributed by atoms with E-state index in [0.29, 0.717) is 6.42 Å². The molecule has 2 unspecified atom stereocenters. The first-order valence-electron chi connectivity index (χ1n) is 17.2. The van der Waals surface area contributed by atoms with Crippen molar-refractivity contribution in [1.82, 2.24) is 5.32 Å². The van der Waals surface area contributed by atoms with Crippen LogP contribution in [0.15, 0.2) is 36.5 Å². The van der Waals surface area contributed by atoms with Crippen molar-refractivity contribution >= 4 is 5.91 Å². The number of rotatable bonds is 30. The average molecular weight is 562 g/mol. The summed E-state index contributed by atoms with van der Waals surface area (Å²) in [6.45, 7) is 4.25. The summed E-state index contributed by atoms with van der Waals surface area (Å²) < 4.78 is 0. The molecule has 2 atom stereocenters. The quantitative estimate of drug-likeness (QED) is 0.0603. The SMILES string of the molecule is CCCCCCCCCC/C=C/CC/C=C/CC/C=C/C(O)C(CO)NC(=O)CCCCCCCCCCCC. The molecule has 0 bridgehead atoms. The van der Waals surface area contributed by atoms with Gasteiger partial charge in [-0.1, -0.05) is 153 Å². The minimum Gasteiger partial charge on any atom is -0.394 e. The van der Waals surface area contributed by atoms with Gasteiger partial charge in [-0.25, -0.2) is 0 Å². The molecule has 0 rings (SSSR count). The van der Waals surface area contributed by atoms with Crippen LogP contribution < -0.4 is 5.32 Å². The van der Waals surface area contributed by atoms with E-state index in [-0.39, 0.29) is 12.5 Å². The third-order valence-corrected chi connectivity index (χ3v) is 7.60. The lowest BCUT2D eigenvalue weighted by Crippen LogP contribution is -2.45. The smallest absolute Gasteiger partial charge is 0.220 e. The molecule has 0 fully saturated rings. The first kappa shape index (κ1) is 38.6. The summed E-state index contributed by atoms with van der Waals surface area (Å²) in [6, 6.07) is -0.639. The third-order valence-electron chi connectivity index (χ3n) is 7.60. The number of allylic oxidation sites excluding steroid dienone is 5. The van der Waals surface area contributed by atoms with Gasteiger partial charge in [-0.05, 0) is 44.9 Å². The van der Waals surface area contributed by atoms with Crippen LogP contribution in [-0.4, -0.2) is 34.9 Å². The van der Waals surface area contributed by atoms with Gasteiger partial charge in [-0.3, -0.25) is 4.79 Å². The third kappa shape index (κ3) is 28.1. The largest absolute Gasteiger partial charge is 0.394 e. The highest BCUT2D eigenvalue weighted by atomic mass is 16.3.